The molecule has 4 heteroatoms. The molecule has 0 bridgehead atoms. The van der Waals surface area contributed by atoms with Crippen molar-refractivity contribution in [2.75, 3.05) is 18.0 Å². The van der Waals surface area contributed by atoms with Gasteiger partial charge in [-0.1, -0.05) is 24.3 Å². The summed E-state index contributed by atoms with van der Waals surface area (Å²) in [4.78, 5) is 7.23. The Morgan fingerprint density at radius 2 is 1.85 bits per heavy atom. The van der Waals surface area contributed by atoms with Crippen LogP contribution < -0.4 is 60.7 Å². The van der Waals surface area contributed by atoms with Crippen LogP contribution in [0.1, 0.15) is 13.8 Å². The summed E-state index contributed by atoms with van der Waals surface area (Å²) in [5, 5.41) is 0. The maximum absolute atomic E-state index is 4.87. The Balaban J connectivity index is 0.00000196. The topological polar surface area (TPSA) is 18.3 Å². The van der Waals surface area contributed by atoms with Crippen molar-refractivity contribution in [1.82, 2.24) is 0 Å². The van der Waals surface area contributed by atoms with Crippen LogP contribution in [-0.2, 0) is 0 Å². The summed E-state index contributed by atoms with van der Waals surface area (Å²) in [5.74, 6) is 2.16. The first-order chi connectivity index (χ1) is 12.3. The molecule has 0 aromatic heterocycles. The SMILES string of the molecule is CCN(CC)c1ccc2c(c1)[O+](c1ccccc1)C1C=[C-]C=CC1=N2.[K+]. The Labute approximate surface area is 198 Å². The normalized spacial score (nSPS) is 17.1. The number of aliphatic imine (C=N–C) groups is 1. The van der Waals surface area contributed by atoms with E-state index in [0.29, 0.717) is 0 Å². The number of benzene rings is 2. The minimum absolute atomic E-state index is 0. The minimum Gasteiger partial charge on any atom is -0.527 e. The van der Waals surface area contributed by atoms with Crippen molar-refractivity contribution in [2.24, 2.45) is 4.99 Å². The van der Waals surface area contributed by atoms with Crippen molar-refractivity contribution in [2.45, 2.75) is 20.0 Å². The van der Waals surface area contributed by atoms with Gasteiger partial charge < -0.3 is 9.27 Å². The van der Waals surface area contributed by atoms with Crippen LogP contribution in [0.3, 0.4) is 0 Å². The van der Waals surface area contributed by atoms with Crippen molar-refractivity contribution < 1.29 is 55.8 Å². The number of para-hydroxylation sites is 1. The van der Waals surface area contributed by atoms with Gasteiger partial charge in [0, 0.05) is 30.9 Å². The molecule has 0 N–H and O–H groups in total. The second kappa shape index (κ2) is 8.68. The standard InChI is InChI=1S/C22H22N2O.K/c1-3-24(4-2)17-14-15-20-22(16-17)25(18-10-6-5-7-11-18)21-13-9-8-12-19(21)23-20;/h5-8,10-16,21H,3-4H2,1-2H3;/q;+1. The van der Waals surface area contributed by atoms with E-state index in [4.69, 9.17) is 4.99 Å². The van der Waals surface area contributed by atoms with Crippen LogP contribution in [0, 0.1) is 6.08 Å². The summed E-state index contributed by atoms with van der Waals surface area (Å²) in [6.07, 6.45) is 9.24. The number of fused-ring (bicyclic) bond motifs is 2. The van der Waals surface area contributed by atoms with Crippen LogP contribution >= 0.6 is 0 Å². The zero-order valence-corrected chi connectivity index (χ0v) is 18.8. The van der Waals surface area contributed by atoms with Crippen LogP contribution in [-0.4, -0.2) is 24.9 Å². The van der Waals surface area contributed by atoms with Gasteiger partial charge in [0.15, 0.2) is 5.69 Å². The van der Waals surface area contributed by atoms with E-state index in [0.717, 1.165) is 36.0 Å². The third-order valence-electron chi connectivity index (χ3n) is 4.70. The molecule has 1 aliphatic heterocycles. The van der Waals surface area contributed by atoms with Gasteiger partial charge in [-0.25, -0.2) is 12.2 Å². The Kier molecular flexibility index (Phi) is 6.54. The van der Waals surface area contributed by atoms with E-state index in [-0.39, 0.29) is 57.5 Å². The smallest absolute Gasteiger partial charge is 0.527 e. The zero-order chi connectivity index (χ0) is 17.2. The maximum Gasteiger partial charge on any atom is 1.00 e. The number of hydrogen-bond donors (Lipinski definition) is 0. The molecule has 2 aromatic rings. The van der Waals surface area contributed by atoms with E-state index >= 15 is 0 Å². The van der Waals surface area contributed by atoms with Crippen LogP contribution in [0.25, 0.3) is 0 Å². The number of anilines is 1. The molecule has 1 aliphatic carbocycles. The molecule has 1 atom stereocenters. The van der Waals surface area contributed by atoms with Gasteiger partial charge >= 0.3 is 51.4 Å². The second-order valence-corrected chi connectivity index (χ2v) is 6.10. The maximum atomic E-state index is 4.87. The van der Waals surface area contributed by atoms with Gasteiger partial charge in [-0.15, -0.1) is 0 Å². The van der Waals surface area contributed by atoms with E-state index < -0.39 is 0 Å². The van der Waals surface area contributed by atoms with Gasteiger partial charge in [-0.3, -0.25) is 4.99 Å². The van der Waals surface area contributed by atoms with E-state index in [1.165, 1.54) is 5.69 Å². The van der Waals surface area contributed by atoms with Crippen LogP contribution in [0.2, 0.25) is 0 Å². The zero-order valence-electron chi connectivity index (χ0n) is 15.6. The van der Waals surface area contributed by atoms with Gasteiger partial charge in [0.1, 0.15) is 0 Å². The summed E-state index contributed by atoms with van der Waals surface area (Å²) in [6.45, 7) is 6.34. The fourth-order valence-corrected chi connectivity index (χ4v) is 3.42. The van der Waals surface area contributed by atoms with Gasteiger partial charge in [-0.05, 0) is 26.0 Å². The molecule has 0 saturated heterocycles. The Hall–Kier alpha value is -1.17. The molecule has 2 aromatic carbocycles. The van der Waals surface area contributed by atoms with Crippen LogP contribution in [0.5, 0.6) is 11.5 Å². The van der Waals surface area contributed by atoms with Crippen molar-refractivity contribution in [1.29, 1.82) is 0 Å². The molecule has 26 heavy (non-hydrogen) atoms. The van der Waals surface area contributed by atoms with Crippen molar-refractivity contribution in [3.63, 3.8) is 0 Å². The summed E-state index contributed by atoms with van der Waals surface area (Å²) in [7, 11) is 0. The van der Waals surface area contributed by atoms with Gasteiger partial charge in [0.2, 0.25) is 6.10 Å². The molecule has 0 radical (unpaired) electrons. The summed E-state index contributed by atoms with van der Waals surface area (Å²) in [6, 6.07) is 16.9. The third kappa shape index (κ3) is 3.62. The van der Waals surface area contributed by atoms with E-state index in [9.17, 15) is 0 Å². The average molecular weight is 370 g/mol. The van der Waals surface area contributed by atoms with Gasteiger partial charge in [0.25, 0.3) is 11.5 Å². The summed E-state index contributed by atoms with van der Waals surface area (Å²) in [5.41, 5.74) is 3.22. The van der Waals surface area contributed by atoms with Crippen molar-refractivity contribution in [3.8, 4) is 11.5 Å². The predicted molar refractivity (Wildman–Crippen MR) is 104 cm³/mol. The van der Waals surface area contributed by atoms with Gasteiger partial charge in [0.05, 0.1) is 11.8 Å². The second-order valence-electron chi connectivity index (χ2n) is 6.10. The molecule has 0 fully saturated rings. The number of allylic oxidation sites excluding steroid dienone is 2. The van der Waals surface area contributed by atoms with E-state index in [1.807, 2.05) is 18.2 Å². The van der Waals surface area contributed by atoms with Crippen LogP contribution in [0.15, 0.2) is 71.8 Å². The molecule has 0 amide bonds. The fourth-order valence-electron chi connectivity index (χ4n) is 3.42. The molecule has 4 rings (SSSR count). The molecule has 1 heterocycles. The Bertz CT molecular complexity index is 854. The number of hydrogen-bond acceptors (Lipinski definition) is 2. The van der Waals surface area contributed by atoms with E-state index in [2.05, 4.69) is 77.7 Å². The monoisotopic (exact) mass is 369 g/mol. The van der Waals surface area contributed by atoms with Gasteiger partial charge in [-0.2, -0.15) is 6.08 Å². The first-order valence-corrected chi connectivity index (χ1v) is 8.83. The molecule has 3 nitrogen and oxygen atoms in total. The molecule has 1 unspecified atom stereocenters. The Morgan fingerprint density at radius 3 is 2.58 bits per heavy atom. The van der Waals surface area contributed by atoms with Crippen LogP contribution in [0.4, 0.5) is 11.4 Å². The molecule has 2 aliphatic rings. The fraction of sp³-hybridized carbons (Fsp3) is 0.227. The third-order valence-corrected chi connectivity index (χ3v) is 4.70. The minimum atomic E-state index is 0. The molecular weight excluding hydrogens is 347 g/mol. The first-order valence-electron chi connectivity index (χ1n) is 8.83. The first kappa shape index (κ1) is 19.6. The quantitative estimate of drug-likeness (QED) is 0.459. The molecular formula is C22H22KN2O+. The summed E-state index contributed by atoms with van der Waals surface area (Å²) < 4.78 is 3.40. The average Bonchev–Trinajstić information content (AvgIpc) is 2.67. The predicted octanol–water partition coefficient (Wildman–Crippen LogP) is 2.25. The van der Waals surface area contributed by atoms with E-state index in [1.54, 1.807) is 0 Å². The largest absolute Gasteiger partial charge is 1.00 e. The summed E-state index contributed by atoms with van der Waals surface area (Å²) >= 11 is 0. The number of nitrogens with zero attached hydrogens (tertiary/aromatic N) is 2. The number of rotatable bonds is 4. The molecule has 0 saturated carbocycles. The van der Waals surface area contributed by atoms with Crippen molar-refractivity contribution in [3.05, 3.63) is 72.8 Å². The molecule has 0 spiro atoms. The molecule has 126 valence electrons. The van der Waals surface area contributed by atoms with Crippen molar-refractivity contribution >= 4 is 17.1 Å². The Morgan fingerprint density at radius 1 is 1.08 bits per heavy atom.